The lowest BCUT2D eigenvalue weighted by atomic mass is 10.1. The predicted octanol–water partition coefficient (Wildman–Crippen LogP) is 4.45. The minimum Gasteiger partial charge on any atom is -0.291 e. The monoisotopic (exact) mass is 339 g/mol. The molecule has 0 radical (unpaired) electrons. The van der Waals surface area contributed by atoms with Crippen LogP contribution in [0.3, 0.4) is 0 Å². The highest BCUT2D eigenvalue weighted by Crippen LogP contribution is 2.17. The van der Waals surface area contributed by atoms with Gasteiger partial charge in [0.15, 0.2) is 5.82 Å². The van der Waals surface area contributed by atoms with E-state index >= 15 is 0 Å². The Morgan fingerprint density at radius 3 is 2.52 bits per heavy atom. The summed E-state index contributed by atoms with van der Waals surface area (Å²) in [7, 11) is 0. The maximum absolute atomic E-state index is 13.1. The summed E-state index contributed by atoms with van der Waals surface area (Å²) < 4.78 is 16.7. The molecule has 0 fully saturated rings. The van der Waals surface area contributed by atoms with Gasteiger partial charge < -0.3 is 0 Å². The Balaban J connectivity index is 0.000000146. The van der Waals surface area contributed by atoms with Crippen molar-refractivity contribution in [1.82, 2.24) is 24.0 Å². The molecule has 0 unspecified atom stereocenters. The van der Waals surface area contributed by atoms with E-state index < -0.39 is 0 Å². The van der Waals surface area contributed by atoms with Crippen molar-refractivity contribution >= 4 is 11.3 Å². The third-order valence-corrected chi connectivity index (χ3v) is 3.99. The second-order valence-electron chi connectivity index (χ2n) is 6.54. The number of nitrogens with zero attached hydrogens (tertiary/aromatic N) is 5. The minimum atomic E-state index is -0.262. The fraction of sp³-hybridized carbons (Fsp3) is 0.316. The van der Waals surface area contributed by atoms with Crippen molar-refractivity contribution in [1.29, 1.82) is 0 Å². The fourth-order valence-corrected chi connectivity index (χ4v) is 2.58. The highest BCUT2D eigenvalue weighted by atomic mass is 19.1. The van der Waals surface area contributed by atoms with Crippen molar-refractivity contribution in [3.63, 3.8) is 0 Å². The van der Waals surface area contributed by atoms with E-state index in [4.69, 9.17) is 0 Å². The zero-order valence-electron chi connectivity index (χ0n) is 14.9. The van der Waals surface area contributed by atoms with Gasteiger partial charge >= 0.3 is 0 Å². The molecule has 0 N–H and O–H groups in total. The van der Waals surface area contributed by atoms with Crippen LogP contribution in [0.5, 0.6) is 0 Å². The molecule has 0 spiro atoms. The van der Waals surface area contributed by atoms with Gasteiger partial charge in [0.1, 0.15) is 5.52 Å². The van der Waals surface area contributed by atoms with Crippen molar-refractivity contribution in [2.45, 2.75) is 39.5 Å². The molecule has 0 aliphatic heterocycles. The standard InChI is InChI=1S/C10H11FN2.C9H11N3/c1-7(2)9-4-3-5-10-8(11)6-12-13(9)10;1-7(2)8-3-5-12-6-4-10-9(12)11-8/h3-7H,1-2H3;3-7H,1-2H3. The summed E-state index contributed by atoms with van der Waals surface area (Å²) >= 11 is 0. The number of rotatable bonds is 2. The Bertz CT molecular complexity index is 984. The Kier molecular flexibility index (Phi) is 4.79. The van der Waals surface area contributed by atoms with Crippen LogP contribution in [0, 0.1) is 5.82 Å². The number of imidazole rings is 1. The predicted molar refractivity (Wildman–Crippen MR) is 96.3 cm³/mol. The number of pyridine rings is 1. The number of aromatic nitrogens is 5. The quantitative estimate of drug-likeness (QED) is 0.542. The molecule has 0 bridgehead atoms. The Labute approximate surface area is 146 Å². The first-order chi connectivity index (χ1) is 12.0. The largest absolute Gasteiger partial charge is 0.291 e. The summed E-state index contributed by atoms with van der Waals surface area (Å²) in [5, 5.41) is 3.98. The zero-order chi connectivity index (χ0) is 18.0. The van der Waals surface area contributed by atoms with E-state index in [2.05, 4.69) is 42.8 Å². The second kappa shape index (κ2) is 7.01. The first kappa shape index (κ1) is 17.1. The van der Waals surface area contributed by atoms with E-state index in [0.717, 1.165) is 17.2 Å². The minimum absolute atomic E-state index is 0.262. The molecule has 0 saturated carbocycles. The van der Waals surface area contributed by atoms with Gasteiger partial charge in [0.05, 0.1) is 6.20 Å². The molecule has 6 heteroatoms. The van der Waals surface area contributed by atoms with Crippen molar-refractivity contribution in [2.75, 3.05) is 0 Å². The summed E-state index contributed by atoms with van der Waals surface area (Å²) in [6.45, 7) is 8.38. The lowest BCUT2D eigenvalue weighted by Crippen LogP contribution is -1.99. The van der Waals surface area contributed by atoms with Crippen LogP contribution in [-0.2, 0) is 0 Å². The van der Waals surface area contributed by atoms with Crippen molar-refractivity contribution < 1.29 is 4.39 Å². The molecule has 4 rings (SSSR count). The molecule has 5 nitrogen and oxygen atoms in total. The van der Waals surface area contributed by atoms with Gasteiger partial charge in [-0.1, -0.05) is 33.8 Å². The van der Waals surface area contributed by atoms with Gasteiger partial charge in [-0.15, -0.1) is 0 Å². The van der Waals surface area contributed by atoms with Crippen molar-refractivity contribution in [2.24, 2.45) is 0 Å². The van der Waals surface area contributed by atoms with Crippen LogP contribution >= 0.6 is 0 Å². The first-order valence-corrected chi connectivity index (χ1v) is 8.39. The van der Waals surface area contributed by atoms with Crippen LogP contribution in [0.15, 0.2) is 49.1 Å². The lowest BCUT2D eigenvalue weighted by Gasteiger charge is -2.06. The van der Waals surface area contributed by atoms with E-state index in [1.54, 1.807) is 16.8 Å². The maximum atomic E-state index is 13.1. The molecule has 0 atom stereocenters. The highest BCUT2D eigenvalue weighted by molar-refractivity contribution is 5.48. The van der Waals surface area contributed by atoms with Crippen molar-refractivity contribution in [3.05, 3.63) is 66.3 Å². The summed E-state index contributed by atoms with van der Waals surface area (Å²) in [5.74, 6) is 1.33. The van der Waals surface area contributed by atoms with Gasteiger partial charge in [-0.3, -0.25) is 4.40 Å². The van der Waals surface area contributed by atoms with E-state index in [0.29, 0.717) is 17.4 Å². The summed E-state index contributed by atoms with van der Waals surface area (Å²) in [4.78, 5) is 8.50. The van der Waals surface area contributed by atoms with Gasteiger partial charge in [0, 0.05) is 30.0 Å². The van der Waals surface area contributed by atoms with E-state index in [-0.39, 0.29) is 5.82 Å². The van der Waals surface area contributed by atoms with Crippen LogP contribution in [0.1, 0.15) is 50.9 Å². The van der Waals surface area contributed by atoms with Crippen LogP contribution in [-0.4, -0.2) is 24.0 Å². The van der Waals surface area contributed by atoms with Crippen LogP contribution in [0.4, 0.5) is 4.39 Å². The van der Waals surface area contributed by atoms with E-state index in [1.807, 2.05) is 35.0 Å². The van der Waals surface area contributed by atoms with Gasteiger partial charge in [-0.25, -0.2) is 18.9 Å². The normalized spacial score (nSPS) is 11.3. The molecule has 0 aliphatic carbocycles. The average Bonchev–Trinajstić information content (AvgIpc) is 3.21. The molecule has 0 aromatic carbocycles. The first-order valence-electron chi connectivity index (χ1n) is 8.39. The maximum Gasteiger partial charge on any atom is 0.233 e. The van der Waals surface area contributed by atoms with Gasteiger partial charge in [-0.05, 0) is 30.0 Å². The number of hydrogen-bond acceptors (Lipinski definition) is 3. The summed E-state index contributed by atoms with van der Waals surface area (Å²) in [6, 6.07) is 7.58. The molecule has 4 aromatic rings. The fourth-order valence-electron chi connectivity index (χ4n) is 2.58. The zero-order valence-corrected chi connectivity index (χ0v) is 14.9. The van der Waals surface area contributed by atoms with Crippen LogP contribution in [0.2, 0.25) is 0 Å². The molecule has 130 valence electrons. The Morgan fingerprint density at radius 1 is 1.00 bits per heavy atom. The van der Waals surface area contributed by atoms with E-state index in [1.165, 1.54) is 6.20 Å². The lowest BCUT2D eigenvalue weighted by molar-refractivity contribution is 0.638. The van der Waals surface area contributed by atoms with Gasteiger partial charge in [0.2, 0.25) is 5.78 Å². The van der Waals surface area contributed by atoms with Crippen LogP contribution in [0.25, 0.3) is 11.3 Å². The topological polar surface area (TPSA) is 47.5 Å². The third kappa shape index (κ3) is 3.52. The third-order valence-electron chi connectivity index (χ3n) is 3.99. The number of hydrogen-bond donors (Lipinski definition) is 0. The second-order valence-corrected chi connectivity index (χ2v) is 6.54. The van der Waals surface area contributed by atoms with Crippen molar-refractivity contribution in [3.8, 4) is 0 Å². The van der Waals surface area contributed by atoms with Crippen LogP contribution < -0.4 is 0 Å². The van der Waals surface area contributed by atoms with Gasteiger partial charge in [0.25, 0.3) is 0 Å². The molecule has 0 saturated heterocycles. The molecule has 4 heterocycles. The Morgan fingerprint density at radius 2 is 1.80 bits per heavy atom. The molecule has 4 aromatic heterocycles. The number of fused-ring (bicyclic) bond motifs is 2. The smallest absolute Gasteiger partial charge is 0.233 e. The highest BCUT2D eigenvalue weighted by Gasteiger charge is 2.08. The molecule has 25 heavy (non-hydrogen) atoms. The summed E-state index contributed by atoms with van der Waals surface area (Å²) in [5.41, 5.74) is 2.67. The summed E-state index contributed by atoms with van der Waals surface area (Å²) in [6.07, 6.45) is 6.89. The van der Waals surface area contributed by atoms with Gasteiger partial charge in [-0.2, -0.15) is 5.10 Å². The molecule has 0 amide bonds. The average molecular weight is 339 g/mol. The Hall–Kier alpha value is -2.76. The molecule has 0 aliphatic rings. The molecular formula is C19H22FN5. The molecular weight excluding hydrogens is 317 g/mol. The SMILES string of the molecule is CC(C)c1cccc2c(F)cnn12.CC(C)c1ccn2ccnc2n1. The number of halogens is 1. The van der Waals surface area contributed by atoms with E-state index in [9.17, 15) is 4.39 Å².